The van der Waals surface area contributed by atoms with Crippen LogP contribution in [-0.4, -0.2) is 46.8 Å². The summed E-state index contributed by atoms with van der Waals surface area (Å²) >= 11 is 0. The Balaban J connectivity index is 1.15. The van der Waals surface area contributed by atoms with E-state index >= 15 is 0 Å². The van der Waals surface area contributed by atoms with Crippen LogP contribution < -0.4 is 21.4 Å². The van der Waals surface area contributed by atoms with Crippen molar-refractivity contribution in [2.24, 2.45) is 10.7 Å². The van der Waals surface area contributed by atoms with E-state index in [0.29, 0.717) is 71.8 Å². The number of aliphatic imine (C=N–C) groups is 1. The first kappa shape index (κ1) is 44.8. The highest BCUT2D eigenvalue weighted by Crippen LogP contribution is 2.46. The Morgan fingerprint density at radius 1 is 0.776 bits per heavy atom. The number of nitrogens with two attached hydrogens (primary N) is 1. The number of amides is 3. The third kappa shape index (κ3) is 8.51. The molecule has 0 saturated carbocycles. The lowest BCUT2D eigenvalue weighted by atomic mass is 9.81. The van der Waals surface area contributed by atoms with Gasteiger partial charge in [-0.2, -0.15) is 5.26 Å². The first-order valence-corrected chi connectivity index (χ1v) is 23.6. The summed E-state index contributed by atoms with van der Waals surface area (Å²) in [6.07, 6.45) is 10.2. The first-order valence-electron chi connectivity index (χ1n) is 23.6. The van der Waals surface area contributed by atoms with Gasteiger partial charge in [0, 0.05) is 51.4 Å². The molecule has 0 bridgehead atoms. The second-order valence-corrected chi connectivity index (χ2v) is 17.8. The Hall–Kier alpha value is -7.36. The summed E-state index contributed by atoms with van der Waals surface area (Å²) in [5.41, 5.74) is 11.0. The Morgan fingerprint density at radius 3 is 2.06 bits per heavy atom. The van der Waals surface area contributed by atoms with E-state index in [1.54, 1.807) is 35.4 Å². The topological polar surface area (TPSA) is 187 Å². The second-order valence-electron chi connectivity index (χ2n) is 17.8. The minimum atomic E-state index is -1.19. The van der Waals surface area contributed by atoms with E-state index in [0.717, 1.165) is 81.0 Å². The Labute approximate surface area is 389 Å². The van der Waals surface area contributed by atoms with Crippen molar-refractivity contribution >= 4 is 78.3 Å². The molecule has 2 heterocycles. The predicted molar refractivity (Wildman–Crippen MR) is 263 cm³/mol. The zero-order chi connectivity index (χ0) is 46.8. The van der Waals surface area contributed by atoms with Gasteiger partial charge in [0.1, 0.15) is 5.84 Å². The van der Waals surface area contributed by atoms with E-state index in [1.165, 1.54) is 0 Å². The van der Waals surface area contributed by atoms with Crippen LogP contribution in [0.5, 0.6) is 0 Å². The van der Waals surface area contributed by atoms with Crippen LogP contribution in [-0.2, 0) is 11.4 Å². The van der Waals surface area contributed by atoms with Gasteiger partial charge in [-0.15, -0.1) is 0 Å². The number of carboxylic acids is 1. The molecule has 2 unspecified atom stereocenters. The number of rotatable bonds is 18. The van der Waals surface area contributed by atoms with Crippen LogP contribution in [0, 0.1) is 11.3 Å². The van der Waals surface area contributed by atoms with Crippen LogP contribution in [0.1, 0.15) is 149 Å². The molecular formula is C55H54N6O6. The third-order valence-corrected chi connectivity index (χ3v) is 13.5. The van der Waals surface area contributed by atoms with Gasteiger partial charge in [0.15, 0.2) is 6.10 Å². The number of carbonyl (C=O) groups excluding carboxylic acids is 3. The summed E-state index contributed by atoms with van der Waals surface area (Å²) < 4.78 is 0. The van der Waals surface area contributed by atoms with Gasteiger partial charge in [0.05, 0.1) is 29.4 Å². The molecule has 0 aliphatic carbocycles. The number of amidine groups is 1. The Kier molecular flexibility index (Phi) is 12.9. The van der Waals surface area contributed by atoms with E-state index in [4.69, 9.17) is 15.6 Å². The molecule has 2 aliphatic rings. The number of nitrogens with zero attached hydrogens (tertiary/aromatic N) is 3. The van der Waals surface area contributed by atoms with E-state index < -0.39 is 23.9 Å². The van der Waals surface area contributed by atoms with E-state index in [1.807, 2.05) is 66.7 Å². The fourth-order valence-electron chi connectivity index (χ4n) is 10.2. The van der Waals surface area contributed by atoms with E-state index in [9.17, 15) is 29.5 Å². The quantitative estimate of drug-likeness (QED) is 0.0162. The molecule has 2 aliphatic heterocycles. The van der Waals surface area contributed by atoms with Crippen molar-refractivity contribution in [1.29, 1.82) is 5.26 Å². The zero-order valence-corrected chi connectivity index (χ0v) is 37.9. The summed E-state index contributed by atoms with van der Waals surface area (Å²) in [7, 11) is 0. The van der Waals surface area contributed by atoms with Crippen LogP contribution in [0.4, 0.5) is 5.69 Å². The number of hydrogen-bond acceptors (Lipinski definition) is 8. The number of unbranched alkanes of at least 4 members (excludes halogenated alkanes) is 6. The fraction of sp³-hybridized carbons (Fsp3) is 0.309. The van der Waals surface area contributed by atoms with Crippen molar-refractivity contribution in [2.45, 2.75) is 109 Å². The number of hydrogen-bond donors (Lipinski definition) is 4. The van der Waals surface area contributed by atoms with Crippen molar-refractivity contribution < 1.29 is 29.1 Å². The van der Waals surface area contributed by atoms with Gasteiger partial charge in [0.25, 0.3) is 17.7 Å². The van der Waals surface area contributed by atoms with Crippen LogP contribution in [0.25, 0.3) is 43.1 Å². The fourth-order valence-corrected chi connectivity index (χ4v) is 10.2. The Morgan fingerprint density at radius 2 is 1.42 bits per heavy atom. The number of nitriles is 1. The number of para-hydroxylation sites is 1. The van der Waals surface area contributed by atoms with Gasteiger partial charge in [0.2, 0.25) is 0 Å². The summed E-state index contributed by atoms with van der Waals surface area (Å²) in [6, 6.07) is 31.5. The van der Waals surface area contributed by atoms with Crippen LogP contribution in [0.15, 0.2) is 102 Å². The van der Waals surface area contributed by atoms with E-state index in [-0.39, 0.29) is 35.9 Å². The first-order chi connectivity index (χ1) is 32.6. The van der Waals surface area contributed by atoms with Crippen molar-refractivity contribution in [3.05, 3.63) is 136 Å². The standard InChI is InChI=1S/C55H54N6O6/c1-3-5-7-10-14-34(15-11-8-6-4-2)59-51(57)43-29-44(55(65)66)47-39-24-27-42-48-41(53(63)60-54(42)64)26-22-37(46(39)48)38-23-25-40(49(43)50(38)47)52(62)58-31-32-18-20-33(21-19-32)45-28-36(30-56)67-61(45)35-16-12-9-13-17-35/h9,12-13,16-27,29,34,36,45H,3-8,10-11,14-15,28,31H2,1-2H3,(H2,57,59)(H,58,62)(H,65,66)(H,60,63,64). The normalized spacial score (nSPS) is 16.1. The van der Waals surface area contributed by atoms with Crippen LogP contribution in [0.3, 0.4) is 0 Å². The summed E-state index contributed by atoms with van der Waals surface area (Å²) in [5, 5.41) is 32.4. The number of carbonyl (C=O) groups is 4. The molecule has 340 valence electrons. The molecule has 0 spiro atoms. The van der Waals surface area contributed by atoms with Gasteiger partial charge in [-0.25, -0.2) is 9.86 Å². The smallest absolute Gasteiger partial charge is 0.336 e. The molecule has 2 atom stereocenters. The summed E-state index contributed by atoms with van der Waals surface area (Å²) in [6.45, 7) is 4.55. The number of nitrogens with one attached hydrogen (secondary N) is 2. The maximum absolute atomic E-state index is 14.7. The van der Waals surface area contributed by atoms with Crippen molar-refractivity contribution in [2.75, 3.05) is 5.06 Å². The molecule has 0 aromatic heterocycles. The van der Waals surface area contributed by atoms with Gasteiger partial charge in [-0.05, 0) is 87.3 Å². The predicted octanol–water partition coefficient (Wildman–Crippen LogP) is 11.0. The Bertz CT molecular complexity index is 3090. The highest BCUT2D eigenvalue weighted by Gasteiger charge is 2.35. The average molecular weight is 895 g/mol. The molecule has 0 radical (unpaired) electrons. The number of anilines is 1. The lowest BCUT2D eigenvalue weighted by Crippen LogP contribution is -2.34. The minimum absolute atomic E-state index is 0.0282. The number of hydroxylamine groups is 1. The number of imide groups is 1. The van der Waals surface area contributed by atoms with Crippen LogP contribution in [0.2, 0.25) is 0 Å². The van der Waals surface area contributed by atoms with Gasteiger partial charge < -0.3 is 16.2 Å². The molecule has 12 nitrogen and oxygen atoms in total. The molecule has 1 saturated heterocycles. The van der Waals surface area contributed by atoms with Gasteiger partial charge >= 0.3 is 5.97 Å². The highest BCUT2D eigenvalue weighted by molar-refractivity contribution is 6.42. The largest absolute Gasteiger partial charge is 0.478 e. The highest BCUT2D eigenvalue weighted by atomic mass is 16.7. The molecule has 9 rings (SSSR count). The van der Waals surface area contributed by atoms with Gasteiger partial charge in [-0.1, -0.05) is 126 Å². The molecule has 7 aromatic rings. The van der Waals surface area contributed by atoms with Gasteiger partial charge in [-0.3, -0.25) is 29.5 Å². The molecule has 67 heavy (non-hydrogen) atoms. The number of aromatic carboxylic acids is 1. The maximum Gasteiger partial charge on any atom is 0.336 e. The molecule has 1 fully saturated rings. The second kappa shape index (κ2) is 19.2. The monoisotopic (exact) mass is 894 g/mol. The lowest BCUT2D eigenvalue weighted by Gasteiger charge is -2.25. The van der Waals surface area contributed by atoms with Crippen molar-refractivity contribution in [3.8, 4) is 6.07 Å². The molecule has 7 aromatic carbocycles. The number of carboxylic acid groups (broad SMARTS) is 1. The molecule has 3 amide bonds. The van der Waals surface area contributed by atoms with E-state index in [2.05, 4.69) is 30.6 Å². The molecule has 12 heteroatoms. The lowest BCUT2D eigenvalue weighted by molar-refractivity contribution is 0.0697. The summed E-state index contributed by atoms with van der Waals surface area (Å²) in [5.74, 6) is -2.45. The molecular weight excluding hydrogens is 841 g/mol. The third-order valence-electron chi connectivity index (χ3n) is 13.5. The minimum Gasteiger partial charge on any atom is -0.478 e. The maximum atomic E-state index is 14.7. The summed E-state index contributed by atoms with van der Waals surface area (Å²) in [4.78, 5) is 65.7. The molecule has 5 N–H and O–H groups in total. The SMILES string of the molecule is CCCCCCC(CCCCCC)N=C(N)c1cc(C(=O)O)c2c3ccc4c5c(ccc(c6ccc(C(=O)NCc7ccc(C8CC(C#N)ON8c8ccccc8)cc7)c1c62)c53)C(=O)NC4=O. The van der Waals surface area contributed by atoms with Crippen LogP contribution >= 0.6 is 0 Å². The zero-order valence-electron chi connectivity index (χ0n) is 37.9. The number of benzene rings is 7. The average Bonchev–Trinajstić information content (AvgIpc) is 3.79. The number of fused-ring (bicyclic) bond motifs is 2. The van der Waals surface area contributed by atoms with Crippen molar-refractivity contribution in [1.82, 2.24) is 10.6 Å². The van der Waals surface area contributed by atoms with Crippen molar-refractivity contribution in [3.63, 3.8) is 0 Å².